The number of halogens is 1. The van der Waals surface area contributed by atoms with Gasteiger partial charge in [-0.3, -0.25) is 4.84 Å². The molecule has 1 rings (SSSR count). The first-order valence-corrected chi connectivity index (χ1v) is 2.99. The first-order chi connectivity index (χ1) is 4.74. The van der Waals surface area contributed by atoms with E-state index in [1.54, 1.807) is 0 Å². The van der Waals surface area contributed by atoms with Crippen molar-refractivity contribution in [2.75, 3.05) is 16.3 Å². The van der Waals surface area contributed by atoms with E-state index in [-0.39, 0.29) is 0 Å². The molecule has 0 radical (unpaired) electrons. The Bertz CT molecular complexity index is 237. The molecule has 10 heavy (non-hydrogen) atoms. The molecule has 5 heteroatoms. The molecule has 0 fully saturated rings. The zero-order chi connectivity index (χ0) is 7.56. The molecule has 1 aromatic rings. The molecule has 54 valence electrons. The van der Waals surface area contributed by atoms with Crippen LogP contribution in [0.5, 0.6) is 0 Å². The Labute approximate surface area is 63.3 Å². The summed E-state index contributed by atoms with van der Waals surface area (Å²) in [6, 6.07) is 1.53. The van der Waals surface area contributed by atoms with E-state index in [4.69, 9.17) is 23.2 Å². The molecule has 0 aliphatic heterocycles. The van der Waals surface area contributed by atoms with Crippen molar-refractivity contribution in [1.29, 1.82) is 0 Å². The van der Waals surface area contributed by atoms with Crippen LogP contribution in [0.4, 0.5) is 17.2 Å². The Morgan fingerprint density at radius 2 is 2.20 bits per heavy atom. The molecule has 5 N–H and O–H groups in total. The van der Waals surface area contributed by atoms with Gasteiger partial charge in [0.1, 0.15) is 5.82 Å². The van der Waals surface area contributed by atoms with Gasteiger partial charge in [0.15, 0.2) is 0 Å². The predicted molar refractivity (Wildman–Crippen MR) is 42.5 cm³/mol. The number of hydrogen-bond acceptors (Lipinski definition) is 4. The highest BCUT2D eigenvalue weighted by molar-refractivity contribution is 6.24. The summed E-state index contributed by atoms with van der Waals surface area (Å²) in [7, 11) is 0. The van der Waals surface area contributed by atoms with Crippen molar-refractivity contribution in [1.82, 2.24) is 4.98 Å². The Morgan fingerprint density at radius 1 is 1.50 bits per heavy atom. The van der Waals surface area contributed by atoms with Crippen LogP contribution in [0.25, 0.3) is 0 Å². The number of hydrogen-bond donors (Lipinski definition) is 3. The summed E-state index contributed by atoms with van der Waals surface area (Å²) >= 11 is 5.27. The van der Waals surface area contributed by atoms with E-state index in [9.17, 15) is 0 Å². The predicted octanol–water partition coefficient (Wildman–Crippen LogP) is 0.812. The van der Waals surface area contributed by atoms with E-state index in [1.165, 1.54) is 12.3 Å². The fourth-order valence-corrected chi connectivity index (χ4v) is 0.725. The molecule has 0 saturated carbocycles. The van der Waals surface area contributed by atoms with Crippen LogP contribution in [0, 0.1) is 0 Å². The number of nitrogens with two attached hydrogens (primary N) is 2. The molecule has 1 aromatic heterocycles. The van der Waals surface area contributed by atoms with E-state index < -0.39 is 0 Å². The molecule has 0 aromatic carbocycles. The maximum atomic E-state index is 5.46. The zero-order valence-electron chi connectivity index (χ0n) is 5.13. The van der Waals surface area contributed by atoms with Crippen molar-refractivity contribution in [3.05, 3.63) is 12.3 Å². The SMILES string of the molecule is Nc1cc(N)c(NCl)cn1. The molecule has 0 spiro atoms. The number of aromatic nitrogens is 1. The summed E-state index contributed by atoms with van der Waals surface area (Å²) < 4.78 is 0. The summed E-state index contributed by atoms with van der Waals surface area (Å²) in [6.45, 7) is 0. The van der Waals surface area contributed by atoms with Gasteiger partial charge >= 0.3 is 0 Å². The largest absolute Gasteiger partial charge is 0.397 e. The highest BCUT2D eigenvalue weighted by atomic mass is 35.5. The molecule has 0 amide bonds. The average Bonchev–Trinajstić information content (AvgIpc) is 1.88. The number of nitrogens with zero attached hydrogens (tertiary/aromatic N) is 1. The van der Waals surface area contributed by atoms with Gasteiger partial charge in [-0.05, 0) is 0 Å². The molecule has 4 nitrogen and oxygen atoms in total. The van der Waals surface area contributed by atoms with Crippen molar-refractivity contribution in [2.45, 2.75) is 0 Å². The van der Waals surface area contributed by atoms with E-state index in [0.29, 0.717) is 17.2 Å². The Hall–Kier alpha value is -1.16. The Kier molecular flexibility index (Phi) is 1.82. The highest BCUT2D eigenvalue weighted by Gasteiger charge is 1.96. The van der Waals surface area contributed by atoms with Crippen LogP contribution in [-0.4, -0.2) is 4.98 Å². The molecule has 0 aliphatic carbocycles. The topological polar surface area (TPSA) is 77.0 Å². The average molecular weight is 159 g/mol. The lowest BCUT2D eigenvalue weighted by Crippen LogP contribution is -1.96. The Morgan fingerprint density at radius 3 is 2.70 bits per heavy atom. The van der Waals surface area contributed by atoms with Crippen LogP contribution in [0.1, 0.15) is 0 Å². The van der Waals surface area contributed by atoms with Gasteiger partial charge in [-0.15, -0.1) is 0 Å². The van der Waals surface area contributed by atoms with Crippen LogP contribution < -0.4 is 16.3 Å². The Balaban J connectivity index is 3.07. The lowest BCUT2D eigenvalue weighted by molar-refractivity contribution is 1.34. The van der Waals surface area contributed by atoms with Crippen molar-refractivity contribution >= 4 is 29.0 Å². The molecule has 0 unspecified atom stereocenters. The lowest BCUT2D eigenvalue weighted by atomic mass is 10.3. The monoisotopic (exact) mass is 158 g/mol. The maximum absolute atomic E-state index is 5.46. The minimum Gasteiger partial charge on any atom is -0.397 e. The number of rotatable bonds is 1. The smallest absolute Gasteiger partial charge is 0.125 e. The first kappa shape index (κ1) is 6.95. The van der Waals surface area contributed by atoms with E-state index in [1.807, 2.05) is 0 Å². The van der Waals surface area contributed by atoms with Gasteiger partial charge in [-0.25, -0.2) is 4.98 Å². The van der Waals surface area contributed by atoms with Crippen molar-refractivity contribution in [2.24, 2.45) is 0 Å². The third-order valence-electron chi connectivity index (χ3n) is 1.06. The van der Waals surface area contributed by atoms with Crippen molar-refractivity contribution < 1.29 is 0 Å². The van der Waals surface area contributed by atoms with E-state index >= 15 is 0 Å². The number of nitrogen functional groups attached to an aromatic ring is 2. The van der Waals surface area contributed by atoms with Gasteiger partial charge < -0.3 is 11.5 Å². The van der Waals surface area contributed by atoms with Gasteiger partial charge in [0, 0.05) is 17.8 Å². The summed E-state index contributed by atoms with van der Waals surface area (Å²) in [6.07, 6.45) is 1.47. The highest BCUT2D eigenvalue weighted by Crippen LogP contribution is 2.18. The molecule has 0 bridgehead atoms. The quantitative estimate of drug-likeness (QED) is 0.529. The number of nitrogens with one attached hydrogen (secondary N) is 1. The normalized spacial score (nSPS) is 9.30. The van der Waals surface area contributed by atoms with Gasteiger partial charge in [-0.1, -0.05) is 0 Å². The molecule has 0 saturated heterocycles. The zero-order valence-corrected chi connectivity index (χ0v) is 5.89. The standard InChI is InChI=1S/C5H7ClN4/c6-10-4-2-9-5(8)1-3(4)7/h1-2,10H,(H4,7,8,9). The first-order valence-electron chi connectivity index (χ1n) is 2.61. The lowest BCUT2D eigenvalue weighted by Gasteiger charge is -2.01. The number of anilines is 3. The summed E-state index contributed by atoms with van der Waals surface area (Å²) in [4.78, 5) is 6.11. The summed E-state index contributed by atoms with van der Waals surface area (Å²) in [5, 5.41) is 0. The van der Waals surface area contributed by atoms with Gasteiger partial charge in [0.2, 0.25) is 0 Å². The van der Waals surface area contributed by atoms with Crippen LogP contribution >= 0.6 is 11.8 Å². The van der Waals surface area contributed by atoms with E-state index in [0.717, 1.165) is 0 Å². The third kappa shape index (κ3) is 1.22. The molecule has 0 aliphatic rings. The number of pyridine rings is 1. The van der Waals surface area contributed by atoms with Crippen LogP contribution in [-0.2, 0) is 0 Å². The fraction of sp³-hybridized carbons (Fsp3) is 0. The summed E-state index contributed by atoms with van der Waals surface area (Å²) in [5.74, 6) is 0.383. The van der Waals surface area contributed by atoms with Crippen LogP contribution in [0.15, 0.2) is 12.3 Å². The van der Waals surface area contributed by atoms with Crippen LogP contribution in [0.2, 0.25) is 0 Å². The second-order valence-corrected chi connectivity index (χ2v) is 1.98. The van der Waals surface area contributed by atoms with Gasteiger partial charge in [0.25, 0.3) is 0 Å². The molecular weight excluding hydrogens is 152 g/mol. The molecular formula is C5H7ClN4. The maximum Gasteiger partial charge on any atom is 0.125 e. The van der Waals surface area contributed by atoms with Crippen molar-refractivity contribution in [3.8, 4) is 0 Å². The molecule has 0 atom stereocenters. The second-order valence-electron chi connectivity index (χ2n) is 1.79. The minimum absolute atomic E-state index is 0.383. The second kappa shape index (κ2) is 2.62. The van der Waals surface area contributed by atoms with Crippen LogP contribution in [0.3, 0.4) is 0 Å². The molecule has 1 heterocycles. The van der Waals surface area contributed by atoms with Gasteiger partial charge in [-0.2, -0.15) is 0 Å². The minimum atomic E-state index is 0.383. The third-order valence-corrected chi connectivity index (χ3v) is 1.26. The fourth-order valence-electron chi connectivity index (χ4n) is 0.567. The van der Waals surface area contributed by atoms with E-state index in [2.05, 4.69) is 9.82 Å². The summed E-state index contributed by atoms with van der Waals surface area (Å²) in [5.41, 5.74) is 11.8. The van der Waals surface area contributed by atoms with Gasteiger partial charge in [0.05, 0.1) is 17.6 Å². The van der Waals surface area contributed by atoms with Crippen molar-refractivity contribution in [3.63, 3.8) is 0 Å².